The van der Waals surface area contributed by atoms with Gasteiger partial charge in [-0.15, -0.1) is 0 Å². The summed E-state index contributed by atoms with van der Waals surface area (Å²) in [4.78, 5) is 0. The lowest BCUT2D eigenvalue weighted by molar-refractivity contribution is 0.560. The van der Waals surface area contributed by atoms with Crippen LogP contribution in [0.15, 0.2) is 28.9 Å². The molecule has 3 heteroatoms. The molecule has 1 unspecified atom stereocenters. The van der Waals surface area contributed by atoms with Gasteiger partial charge in [0, 0.05) is 11.6 Å². The summed E-state index contributed by atoms with van der Waals surface area (Å²) in [5, 5.41) is 0.386. The molecule has 72 valence electrons. The summed E-state index contributed by atoms with van der Waals surface area (Å²) in [6.07, 6.45) is 3.26. The van der Waals surface area contributed by atoms with Gasteiger partial charge in [-0.1, -0.05) is 19.1 Å². The van der Waals surface area contributed by atoms with Crippen molar-refractivity contribution in [1.82, 2.24) is 0 Å². The zero-order chi connectivity index (χ0) is 9.84. The maximum absolute atomic E-state index is 5.91. The normalized spacial score (nSPS) is 12.8. The van der Waals surface area contributed by atoms with E-state index < -0.39 is 0 Å². The van der Waals surface area contributed by atoms with Gasteiger partial charge in [0.1, 0.15) is 0 Å². The van der Waals surface area contributed by atoms with Crippen molar-refractivity contribution >= 4 is 11.6 Å². The highest BCUT2D eigenvalue weighted by Gasteiger charge is 2.12. The van der Waals surface area contributed by atoms with Crippen LogP contribution in [0.3, 0.4) is 0 Å². The van der Waals surface area contributed by atoms with Crippen LogP contribution < -0.4 is 5.73 Å². The zero-order valence-corrected chi connectivity index (χ0v) is 8.47. The smallest absolute Gasteiger partial charge is 0.197 e. The van der Waals surface area contributed by atoms with Crippen LogP contribution in [0.5, 0.6) is 0 Å². The average Bonchev–Trinajstić information content (AvgIpc) is 2.51. The lowest BCUT2D eigenvalue weighted by Gasteiger charge is -2.10. The van der Waals surface area contributed by atoms with Gasteiger partial charge in [-0.25, -0.2) is 0 Å². The summed E-state index contributed by atoms with van der Waals surface area (Å²) < 4.78 is 4.96. The average molecular weight is 200 g/mol. The molecule has 13 heavy (non-hydrogen) atoms. The molecule has 0 fully saturated rings. The third-order valence-corrected chi connectivity index (χ3v) is 2.36. The molecule has 0 saturated heterocycles. The molecule has 0 aromatic carbocycles. The Morgan fingerprint density at radius 1 is 1.77 bits per heavy atom. The van der Waals surface area contributed by atoms with Gasteiger partial charge in [-0.3, -0.25) is 0 Å². The van der Waals surface area contributed by atoms with Crippen molar-refractivity contribution < 1.29 is 4.42 Å². The molecule has 0 saturated carbocycles. The van der Waals surface area contributed by atoms with Gasteiger partial charge in [-0.2, -0.15) is 0 Å². The van der Waals surface area contributed by atoms with Gasteiger partial charge in [0.05, 0.1) is 6.26 Å². The van der Waals surface area contributed by atoms with E-state index in [0.29, 0.717) is 5.22 Å². The van der Waals surface area contributed by atoms with Crippen LogP contribution in [-0.4, -0.2) is 0 Å². The van der Waals surface area contributed by atoms with E-state index in [1.54, 1.807) is 12.3 Å². The maximum Gasteiger partial charge on any atom is 0.197 e. The first-order chi connectivity index (χ1) is 6.15. The molecule has 1 heterocycles. The van der Waals surface area contributed by atoms with E-state index in [-0.39, 0.29) is 6.04 Å². The minimum Gasteiger partial charge on any atom is -0.453 e. The lowest BCUT2D eigenvalue weighted by atomic mass is 10.0. The Morgan fingerprint density at radius 2 is 2.46 bits per heavy atom. The fourth-order valence-electron chi connectivity index (χ4n) is 1.14. The topological polar surface area (TPSA) is 39.2 Å². The van der Waals surface area contributed by atoms with Gasteiger partial charge in [0.15, 0.2) is 5.22 Å². The minimum atomic E-state index is -0.0984. The van der Waals surface area contributed by atoms with E-state index in [4.69, 9.17) is 21.8 Å². The number of furan rings is 1. The highest BCUT2D eigenvalue weighted by Crippen LogP contribution is 2.26. The van der Waals surface area contributed by atoms with E-state index in [9.17, 15) is 0 Å². The summed E-state index contributed by atoms with van der Waals surface area (Å²) in [5.41, 5.74) is 7.90. The van der Waals surface area contributed by atoms with Crippen LogP contribution >= 0.6 is 11.6 Å². The van der Waals surface area contributed by atoms with Crippen molar-refractivity contribution in [2.45, 2.75) is 25.8 Å². The van der Waals surface area contributed by atoms with Gasteiger partial charge in [0.25, 0.3) is 0 Å². The summed E-state index contributed by atoms with van der Waals surface area (Å²) >= 11 is 5.78. The molecule has 0 radical (unpaired) electrons. The van der Waals surface area contributed by atoms with Gasteiger partial charge in [0.2, 0.25) is 0 Å². The molecular weight excluding hydrogens is 186 g/mol. The van der Waals surface area contributed by atoms with E-state index in [2.05, 4.69) is 13.5 Å². The standard InChI is InChI=1S/C10H14ClNO/c1-3-7(2)6-9(12)8-4-5-13-10(8)11/h4-5,9H,2-3,6,12H2,1H3. The van der Waals surface area contributed by atoms with E-state index in [1.807, 2.05) is 0 Å². The molecule has 2 nitrogen and oxygen atoms in total. The fraction of sp³-hybridized carbons (Fsp3) is 0.400. The summed E-state index contributed by atoms with van der Waals surface area (Å²) in [7, 11) is 0. The van der Waals surface area contributed by atoms with Crippen LogP contribution in [-0.2, 0) is 0 Å². The van der Waals surface area contributed by atoms with Crippen LogP contribution in [0.1, 0.15) is 31.4 Å². The number of nitrogens with two attached hydrogens (primary N) is 1. The molecule has 0 bridgehead atoms. The van der Waals surface area contributed by atoms with Crippen molar-refractivity contribution in [2.75, 3.05) is 0 Å². The Hall–Kier alpha value is -0.730. The van der Waals surface area contributed by atoms with Gasteiger partial charge < -0.3 is 10.2 Å². The third-order valence-electron chi connectivity index (χ3n) is 2.05. The summed E-state index contributed by atoms with van der Waals surface area (Å²) in [6, 6.07) is 1.70. The first-order valence-corrected chi connectivity index (χ1v) is 4.68. The predicted molar refractivity (Wildman–Crippen MR) is 54.7 cm³/mol. The molecule has 2 N–H and O–H groups in total. The number of hydrogen-bond donors (Lipinski definition) is 1. The van der Waals surface area contributed by atoms with Crippen molar-refractivity contribution in [3.63, 3.8) is 0 Å². The van der Waals surface area contributed by atoms with Crippen molar-refractivity contribution in [3.8, 4) is 0 Å². The molecule has 0 aliphatic rings. The van der Waals surface area contributed by atoms with Crippen molar-refractivity contribution in [3.05, 3.63) is 35.3 Å². The first kappa shape index (κ1) is 10.4. The Balaban J connectivity index is 2.63. The highest BCUT2D eigenvalue weighted by atomic mass is 35.5. The summed E-state index contributed by atoms with van der Waals surface area (Å²) in [5.74, 6) is 0. The van der Waals surface area contributed by atoms with Crippen molar-refractivity contribution in [1.29, 1.82) is 0 Å². The van der Waals surface area contributed by atoms with E-state index >= 15 is 0 Å². The third kappa shape index (κ3) is 2.61. The predicted octanol–water partition coefficient (Wildman–Crippen LogP) is 3.29. The van der Waals surface area contributed by atoms with Crippen LogP contribution in [0.25, 0.3) is 0 Å². The largest absolute Gasteiger partial charge is 0.453 e. The monoisotopic (exact) mass is 199 g/mol. The molecule has 1 aromatic heterocycles. The Bertz CT molecular complexity index is 293. The Labute approximate surface area is 83.4 Å². The maximum atomic E-state index is 5.91. The first-order valence-electron chi connectivity index (χ1n) is 4.30. The van der Waals surface area contributed by atoms with Crippen LogP contribution in [0.2, 0.25) is 5.22 Å². The quantitative estimate of drug-likeness (QED) is 0.756. The molecule has 1 atom stereocenters. The molecule has 0 aliphatic heterocycles. The molecule has 0 amide bonds. The molecular formula is C10H14ClNO. The number of halogens is 1. The molecule has 0 aliphatic carbocycles. The second-order valence-electron chi connectivity index (χ2n) is 3.06. The second kappa shape index (κ2) is 4.49. The molecule has 1 aromatic rings. The lowest BCUT2D eigenvalue weighted by Crippen LogP contribution is -2.10. The molecule has 1 rings (SSSR count). The molecule has 0 spiro atoms. The van der Waals surface area contributed by atoms with Crippen LogP contribution in [0.4, 0.5) is 0 Å². The van der Waals surface area contributed by atoms with Crippen molar-refractivity contribution in [2.24, 2.45) is 5.73 Å². The number of hydrogen-bond acceptors (Lipinski definition) is 2. The second-order valence-corrected chi connectivity index (χ2v) is 3.41. The SMILES string of the molecule is C=C(CC)CC(N)c1ccoc1Cl. The zero-order valence-electron chi connectivity index (χ0n) is 7.72. The number of rotatable bonds is 4. The minimum absolute atomic E-state index is 0.0984. The summed E-state index contributed by atoms with van der Waals surface area (Å²) in [6.45, 7) is 5.96. The van der Waals surface area contributed by atoms with Gasteiger partial charge in [-0.05, 0) is 30.5 Å². The van der Waals surface area contributed by atoms with E-state index in [0.717, 1.165) is 24.0 Å². The Morgan fingerprint density at radius 3 is 2.92 bits per heavy atom. The highest BCUT2D eigenvalue weighted by molar-refractivity contribution is 6.29. The Kier molecular flexibility index (Phi) is 3.58. The van der Waals surface area contributed by atoms with Crippen LogP contribution in [0, 0.1) is 0 Å². The van der Waals surface area contributed by atoms with E-state index in [1.165, 1.54) is 0 Å². The fourth-order valence-corrected chi connectivity index (χ4v) is 1.39. The van der Waals surface area contributed by atoms with Gasteiger partial charge >= 0.3 is 0 Å².